The summed E-state index contributed by atoms with van der Waals surface area (Å²) in [6.45, 7) is 3.29. The zero-order valence-electron chi connectivity index (χ0n) is 13.4. The first-order valence-corrected chi connectivity index (χ1v) is 7.77. The Labute approximate surface area is 135 Å². The quantitative estimate of drug-likeness (QED) is 0.869. The second-order valence-electron chi connectivity index (χ2n) is 5.68. The number of aromatic nitrogens is 3. The Kier molecular flexibility index (Phi) is 4.50. The van der Waals surface area contributed by atoms with E-state index in [9.17, 15) is 4.79 Å². The summed E-state index contributed by atoms with van der Waals surface area (Å²) in [6, 6.07) is 5.45. The highest BCUT2D eigenvalue weighted by Gasteiger charge is 2.28. The van der Waals surface area contributed by atoms with Crippen LogP contribution in [-0.2, 0) is 0 Å². The minimum Gasteiger partial charge on any atom is -0.480 e. The average molecular weight is 312 g/mol. The molecule has 3 rings (SSSR count). The first-order valence-electron chi connectivity index (χ1n) is 7.77. The zero-order valence-corrected chi connectivity index (χ0v) is 13.4. The second kappa shape index (κ2) is 6.73. The summed E-state index contributed by atoms with van der Waals surface area (Å²) in [6.07, 6.45) is 5.40. The van der Waals surface area contributed by atoms with E-state index in [1.54, 1.807) is 24.5 Å². The van der Waals surface area contributed by atoms with E-state index >= 15 is 0 Å². The number of rotatable bonds is 3. The van der Waals surface area contributed by atoms with E-state index in [2.05, 4.69) is 15.0 Å². The number of amides is 1. The van der Waals surface area contributed by atoms with Crippen molar-refractivity contribution >= 4 is 5.91 Å². The Bertz CT molecular complexity index is 704. The molecule has 3 heterocycles. The maximum atomic E-state index is 12.8. The number of methoxy groups -OCH3 is 1. The normalized spacial score (nSPS) is 17.8. The zero-order chi connectivity index (χ0) is 16.2. The van der Waals surface area contributed by atoms with Crippen molar-refractivity contribution in [2.45, 2.75) is 25.7 Å². The maximum absolute atomic E-state index is 12.8. The van der Waals surface area contributed by atoms with Gasteiger partial charge in [-0.15, -0.1) is 0 Å². The number of carbonyl (C=O) groups is 1. The minimum atomic E-state index is -0.0366. The fraction of sp³-hybridized carbons (Fsp3) is 0.412. The first-order chi connectivity index (χ1) is 11.2. The Morgan fingerprint density at radius 2 is 2.17 bits per heavy atom. The summed E-state index contributed by atoms with van der Waals surface area (Å²) in [5.74, 6) is 1.35. The molecular weight excluding hydrogens is 292 g/mol. The third-order valence-electron chi connectivity index (χ3n) is 4.12. The van der Waals surface area contributed by atoms with Crippen molar-refractivity contribution in [1.82, 2.24) is 19.9 Å². The fourth-order valence-corrected chi connectivity index (χ4v) is 2.99. The minimum absolute atomic E-state index is 0.0366. The van der Waals surface area contributed by atoms with Gasteiger partial charge in [-0.1, -0.05) is 0 Å². The molecule has 2 aromatic heterocycles. The van der Waals surface area contributed by atoms with Gasteiger partial charge in [0.1, 0.15) is 11.4 Å². The maximum Gasteiger partial charge on any atom is 0.259 e. The summed E-state index contributed by atoms with van der Waals surface area (Å²) in [7, 11) is 1.53. The molecule has 0 saturated carbocycles. The van der Waals surface area contributed by atoms with E-state index in [1.807, 2.05) is 17.9 Å². The molecule has 120 valence electrons. The lowest BCUT2D eigenvalue weighted by Crippen LogP contribution is -2.39. The Hall–Kier alpha value is -2.50. The number of pyridine rings is 1. The lowest BCUT2D eigenvalue weighted by atomic mass is 9.94. The van der Waals surface area contributed by atoms with E-state index in [0.717, 1.165) is 30.9 Å². The SMILES string of the molecule is COc1ncccc1C(=O)N1CCCC(c2ccnc(C)n2)C1. The van der Waals surface area contributed by atoms with Crippen LogP contribution >= 0.6 is 0 Å². The van der Waals surface area contributed by atoms with Gasteiger partial charge in [0.05, 0.1) is 7.11 Å². The van der Waals surface area contributed by atoms with Crippen molar-refractivity contribution < 1.29 is 9.53 Å². The highest BCUT2D eigenvalue weighted by molar-refractivity contribution is 5.96. The van der Waals surface area contributed by atoms with Crippen LogP contribution in [0.2, 0.25) is 0 Å². The number of aryl methyl sites for hydroxylation is 1. The molecule has 1 aliphatic heterocycles. The number of nitrogens with zero attached hydrogens (tertiary/aromatic N) is 4. The van der Waals surface area contributed by atoms with Crippen LogP contribution in [0.3, 0.4) is 0 Å². The van der Waals surface area contributed by atoms with E-state index < -0.39 is 0 Å². The number of hydrogen-bond donors (Lipinski definition) is 0. The van der Waals surface area contributed by atoms with Crippen molar-refractivity contribution in [3.63, 3.8) is 0 Å². The number of likely N-dealkylation sites (tertiary alicyclic amines) is 1. The van der Waals surface area contributed by atoms with E-state index in [1.165, 1.54) is 7.11 Å². The second-order valence-corrected chi connectivity index (χ2v) is 5.68. The molecule has 6 nitrogen and oxygen atoms in total. The molecule has 1 amide bonds. The highest BCUT2D eigenvalue weighted by Crippen LogP contribution is 2.27. The van der Waals surface area contributed by atoms with Gasteiger partial charge in [-0.05, 0) is 38.0 Å². The van der Waals surface area contributed by atoms with Gasteiger partial charge in [0.15, 0.2) is 0 Å². The number of hydrogen-bond acceptors (Lipinski definition) is 5. The highest BCUT2D eigenvalue weighted by atomic mass is 16.5. The van der Waals surface area contributed by atoms with Gasteiger partial charge in [-0.25, -0.2) is 15.0 Å². The van der Waals surface area contributed by atoms with Crippen LogP contribution in [0.1, 0.15) is 40.6 Å². The molecule has 1 aliphatic rings. The van der Waals surface area contributed by atoms with Crippen LogP contribution in [-0.4, -0.2) is 46.0 Å². The van der Waals surface area contributed by atoms with Crippen molar-refractivity contribution in [2.24, 2.45) is 0 Å². The van der Waals surface area contributed by atoms with Crippen molar-refractivity contribution in [3.05, 3.63) is 47.7 Å². The molecular formula is C17H20N4O2. The van der Waals surface area contributed by atoms with E-state index in [0.29, 0.717) is 18.0 Å². The number of ether oxygens (including phenoxy) is 1. The summed E-state index contributed by atoms with van der Waals surface area (Å²) < 4.78 is 5.21. The molecule has 2 aromatic rings. The molecule has 1 unspecified atom stereocenters. The van der Waals surface area contributed by atoms with Crippen LogP contribution in [0.25, 0.3) is 0 Å². The topological polar surface area (TPSA) is 68.2 Å². The molecule has 1 saturated heterocycles. The van der Waals surface area contributed by atoms with Crippen molar-refractivity contribution in [2.75, 3.05) is 20.2 Å². The third kappa shape index (κ3) is 3.31. The molecule has 0 radical (unpaired) electrons. The molecule has 6 heteroatoms. The first kappa shape index (κ1) is 15.4. The summed E-state index contributed by atoms with van der Waals surface area (Å²) in [5, 5.41) is 0. The molecule has 0 aromatic carbocycles. The summed E-state index contributed by atoms with van der Waals surface area (Å²) >= 11 is 0. The predicted molar refractivity (Wildman–Crippen MR) is 85.4 cm³/mol. The van der Waals surface area contributed by atoms with Crippen LogP contribution < -0.4 is 4.74 Å². The molecule has 0 spiro atoms. The van der Waals surface area contributed by atoms with Crippen LogP contribution in [0.4, 0.5) is 0 Å². The molecule has 0 bridgehead atoms. The summed E-state index contributed by atoms with van der Waals surface area (Å²) in [4.78, 5) is 27.4. The average Bonchev–Trinajstić information content (AvgIpc) is 2.61. The van der Waals surface area contributed by atoms with E-state index in [4.69, 9.17) is 4.74 Å². The van der Waals surface area contributed by atoms with Gasteiger partial charge in [-0.3, -0.25) is 4.79 Å². The van der Waals surface area contributed by atoms with Gasteiger partial charge in [0.2, 0.25) is 5.88 Å². The lowest BCUT2D eigenvalue weighted by Gasteiger charge is -2.32. The van der Waals surface area contributed by atoms with Crippen LogP contribution in [0, 0.1) is 6.92 Å². The number of piperidine rings is 1. The lowest BCUT2D eigenvalue weighted by molar-refractivity contribution is 0.0701. The van der Waals surface area contributed by atoms with Crippen LogP contribution in [0.5, 0.6) is 5.88 Å². The molecule has 0 aliphatic carbocycles. The van der Waals surface area contributed by atoms with Crippen molar-refractivity contribution in [3.8, 4) is 5.88 Å². The molecule has 1 fully saturated rings. The Morgan fingerprint density at radius 3 is 2.96 bits per heavy atom. The molecule has 23 heavy (non-hydrogen) atoms. The van der Waals surface area contributed by atoms with Gasteiger partial charge in [0, 0.05) is 37.1 Å². The third-order valence-corrected chi connectivity index (χ3v) is 4.12. The standard InChI is InChI=1S/C17H20N4O2/c1-12-18-9-7-15(20-12)13-5-4-10-21(11-13)17(22)14-6-3-8-19-16(14)23-2/h3,6-9,13H,4-5,10-11H2,1-2H3. The van der Waals surface area contributed by atoms with Gasteiger partial charge < -0.3 is 9.64 Å². The van der Waals surface area contributed by atoms with E-state index in [-0.39, 0.29) is 11.8 Å². The summed E-state index contributed by atoms with van der Waals surface area (Å²) in [5.41, 5.74) is 1.52. The van der Waals surface area contributed by atoms with Gasteiger partial charge in [0.25, 0.3) is 5.91 Å². The smallest absolute Gasteiger partial charge is 0.259 e. The predicted octanol–water partition coefficient (Wildman–Crippen LogP) is 2.21. The monoisotopic (exact) mass is 312 g/mol. The number of carbonyl (C=O) groups excluding carboxylic acids is 1. The largest absolute Gasteiger partial charge is 0.480 e. The Morgan fingerprint density at radius 1 is 1.30 bits per heavy atom. The molecule has 0 N–H and O–H groups in total. The fourth-order valence-electron chi connectivity index (χ4n) is 2.99. The Balaban J connectivity index is 1.79. The van der Waals surface area contributed by atoms with Gasteiger partial charge in [-0.2, -0.15) is 0 Å². The molecule has 1 atom stereocenters. The van der Waals surface area contributed by atoms with Crippen LogP contribution in [0.15, 0.2) is 30.6 Å². The van der Waals surface area contributed by atoms with Crippen molar-refractivity contribution in [1.29, 1.82) is 0 Å². The van der Waals surface area contributed by atoms with Gasteiger partial charge >= 0.3 is 0 Å².